The summed E-state index contributed by atoms with van der Waals surface area (Å²) in [4.78, 5) is 0.184. The van der Waals surface area contributed by atoms with Crippen molar-refractivity contribution in [3.8, 4) is 0 Å². The number of hydrogen-bond acceptors (Lipinski definition) is 2. The molecule has 0 fully saturated rings. The van der Waals surface area contributed by atoms with Crippen LogP contribution in [0.2, 0.25) is 0 Å². The Morgan fingerprint density at radius 1 is 0.731 bits per heavy atom. The third-order valence-corrected chi connectivity index (χ3v) is 5.69. The van der Waals surface area contributed by atoms with E-state index in [0.717, 1.165) is 19.3 Å². The first-order chi connectivity index (χ1) is 12.2. The molecule has 0 spiro atoms. The lowest BCUT2D eigenvalue weighted by Crippen LogP contribution is -2.08. The van der Waals surface area contributed by atoms with Crippen molar-refractivity contribution in [2.24, 2.45) is 5.41 Å². The van der Waals surface area contributed by atoms with E-state index < -0.39 is 10.1 Å². The van der Waals surface area contributed by atoms with Gasteiger partial charge in [0.25, 0.3) is 10.1 Å². The molecule has 3 nitrogen and oxygen atoms in total. The van der Waals surface area contributed by atoms with Crippen molar-refractivity contribution in [3.63, 3.8) is 0 Å². The number of rotatable bonds is 16. The molecule has 0 amide bonds. The van der Waals surface area contributed by atoms with Crippen molar-refractivity contribution in [3.05, 3.63) is 11.0 Å². The summed E-state index contributed by atoms with van der Waals surface area (Å²) in [7, 11) is -4.05. The second-order valence-electron chi connectivity index (χ2n) is 8.80. The highest BCUT2D eigenvalue weighted by Crippen LogP contribution is 2.24. The lowest BCUT2D eigenvalue weighted by molar-refractivity contribution is 0.481. The van der Waals surface area contributed by atoms with Crippen LogP contribution < -0.4 is 0 Å². The molecule has 0 rings (SSSR count). The molecule has 0 aliphatic carbocycles. The Bertz CT molecular complexity index is 458. The maximum Gasteiger partial charge on any atom is 0.290 e. The minimum absolute atomic E-state index is 0.184. The topological polar surface area (TPSA) is 54.4 Å². The van der Waals surface area contributed by atoms with Crippen molar-refractivity contribution in [1.82, 2.24) is 0 Å². The van der Waals surface area contributed by atoms with E-state index in [2.05, 4.69) is 6.92 Å². The molecule has 26 heavy (non-hydrogen) atoms. The highest BCUT2D eigenvalue weighted by Gasteiger charge is 2.17. The molecule has 0 bridgehead atoms. The van der Waals surface area contributed by atoms with E-state index in [9.17, 15) is 13.0 Å². The van der Waals surface area contributed by atoms with Crippen molar-refractivity contribution in [2.45, 2.75) is 124 Å². The van der Waals surface area contributed by atoms with Gasteiger partial charge in [0.05, 0.1) is 4.91 Å². The maximum absolute atomic E-state index is 11.5. The number of hydrogen-bond donors (Lipinski definition) is 1. The zero-order chi connectivity index (χ0) is 19.9. The van der Waals surface area contributed by atoms with Crippen LogP contribution in [0.3, 0.4) is 0 Å². The van der Waals surface area contributed by atoms with Crippen LogP contribution in [0.25, 0.3) is 0 Å². The van der Waals surface area contributed by atoms with Gasteiger partial charge in [0.15, 0.2) is 0 Å². The number of allylic oxidation sites excluding steroid dienone is 2. The smallest absolute Gasteiger partial charge is 0.282 e. The van der Waals surface area contributed by atoms with Gasteiger partial charge in [-0.2, -0.15) is 8.42 Å². The van der Waals surface area contributed by atoms with E-state index in [1.807, 2.05) is 20.8 Å². The van der Waals surface area contributed by atoms with Gasteiger partial charge in [-0.15, -0.1) is 0 Å². The molecule has 0 atom stereocenters. The first-order valence-electron chi connectivity index (χ1n) is 10.9. The molecule has 4 heteroatoms. The van der Waals surface area contributed by atoms with Crippen LogP contribution in [0.5, 0.6) is 0 Å². The fourth-order valence-corrected chi connectivity index (χ4v) is 4.16. The SMILES string of the molecule is CCCCCCCCCCCCCCCCC(=CC(C)(C)C)S(=O)(=O)O. The summed E-state index contributed by atoms with van der Waals surface area (Å²) < 4.78 is 32.3. The van der Waals surface area contributed by atoms with Crippen molar-refractivity contribution >= 4 is 10.1 Å². The predicted octanol–water partition coefficient (Wildman–Crippen LogP) is 7.68. The Hall–Kier alpha value is -0.350. The molecule has 0 aromatic carbocycles. The average molecular weight is 389 g/mol. The normalized spacial score (nSPS) is 13.3. The van der Waals surface area contributed by atoms with Gasteiger partial charge < -0.3 is 0 Å². The van der Waals surface area contributed by atoms with E-state index >= 15 is 0 Å². The number of unbranched alkanes of at least 4 members (excludes halogenated alkanes) is 13. The molecular weight excluding hydrogens is 344 g/mol. The van der Waals surface area contributed by atoms with Gasteiger partial charge in [0.2, 0.25) is 0 Å². The highest BCUT2D eigenvalue weighted by molar-refractivity contribution is 7.89. The minimum atomic E-state index is -4.05. The summed E-state index contributed by atoms with van der Waals surface area (Å²) in [6.07, 6.45) is 20.1. The van der Waals surface area contributed by atoms with Crippen LogP contribution in [0.1, 0.15) is 124 Å². The zero-order valence-corrected chi connectivity index (χ0v) is 18.7. The maximum atomic E-state index is 11.5. The molecular formula is C22H44O3S. The minimum Gasteiger partial charge on any atom is -0.282 e. The Morgan fingerprint density at radius 3 is 1.38 bits per heavy atom. The summed E-state index contributed by atoms with van der Waals surface area (Å²) in [5.41, 5.74) is -0.235. The molecule has 1 N–H and O–H groups in total. The van der Waals surface area contributed by atoms with Crippen LogP contribution in [0.4, 0.5) is 0 Å². The molecule has 156 valence electrons. The van der Waals surface area contributed by atoms with Crippen LogP contribution >= 0.6 is 0 Å². The van der Waals surface area contributed by atoms with Gasteiger partial charge in [0, 0.05) is 0 Å². The Balaban J connectivity index is 3.62. The van der Waals surface area contributed by atoms with Gasteiger partial charge >= 0.3 is 0 Å². The van der Waals surface area contributed by atoms with Crippen molar-refractivity contribution in [1.29, 1.82) is 0 Å². The van der Waals surface area contributed by atoms with Crippen LogP contribution in [0, 0.1) is 5.41 Å². The molecule has 0 aromatic heterocycles. The molecule has 0 saturated heterocycles. The molecule has 0 heterocycles. The summed E-state index contributed by atoms with van der Waals surface area (Å²) in [5.74, 6) is 0. The standard InChI is InChI=1S/C22H44O3S/c1-5-6-7-8-9-10-11-12-13-14-15-16-17-18-19-21(26(23,24)25)20-22(2,3)4/h20H,5-19H2,1-4H3,(H,23,24,25). The third kappa shape index (κ3) is 17.1. The van der Waals surface area contributed by atoms with Crippen LogP contribution in [-0.2, 0) is 10.1 Å². The summed E-state index contributed by atoms with van der Waals surface area (Å²) in [5, 5.41) is 0. The Morgan fingerprint density at radius 2 is 1.08 bits per heavy atom. The first kappa shape index (κ1) is 25.6. The summed E-state index contributed by atoms with van der Waals surface area (Å²) >= 11 is 0. The molecule has 0 aliphatic rings. The quantitative estimate of drug-likeness (QED) is 0.218. The largest absolute Gasteiger partial charge is 0.290 e. The second-order valence-corrected chi connectivity index (χ2v) is 10.3. The second kappa shape index (κ2) is 14.7. The van der Waals surface area contributed by atoms with Crippen LogP contribution in [0.15, 0.2) is 11.0 Å². The van der Waals surface area contributed by atoms with Crippen molar-refractivity contribution < 1.29 is 13.0 Å². The lowest BCUT2D eigenvalue weighted by atomic mass is 9.95. The van der Waals surface area contributed by atoms with E-state index in [4.69, 9.17) is 0 Å². The van der Waals surface area contributed by atoms with E-state index in [-0.39, 0.29) is 10.3 Å². The molecule has 0 aliphatic heterocycles. The first-order valence-corrected chi connectivity index (χ1v) is 12.3. The van der Waals surface area contributed by atoms with E-state index in [1.54, 1.807) is 6.08 Å². The zero-order valence-electron chi connectivity index (χ0n) is 17.9. The van der Waals surface area contributed by atoms with Crippen LogP contribution in [-0.4, -0.2) is 13.0 Å². The van der Waals surface area contributed by atoms with Gasteiger partial charge in [-0.1, -0.05) is 117 Å². The Kier molecular flexibility index (Phi) is 14.5. The van der Waals surface area contributed by atoms with Gasteiger partial charge in [-0.3, -0.25) is 4.55 Å². The average Bonchev–Trinajstić information content (AvgIpc) is 2.52. The molecule has 0 unspecified atom stereocenters. The Labute approximate surface area is 163 Å². The van der Waals surface area contributed by atoms with Crippen molar-refractivity contribution in [2.75, 3.05) is 0 Å². The van der Waals surface area contributed by atoms with E-state index in [1.165, 1.54) is 70.6 Å². The van der Waals surface area contributed by atoms with Gasteiger partial charge in [0.1, 0.15) is 0 Å². The molecule has 0 radical (unpaired) electrons. The predicted molar refractivity (Wildman–Crippen MR) is 114 cm³/mol. The van der Waals surface area contributed by atoms with Gasteiger partial charge in [-0.25, -0.2) is 0 Å². The lowest BCUT2D eigenvalue weighted by Gasteiger charge is -2.15. The van der Waals surface area contributed by atoms with E-state index in [0.29, 0.717) is 6.42 Å². The summed E-state index contributed by atoms with van der Waals surface area (Å²) in [6.45, 7) is 8.10. The molecule has 0 aromatic rings. The molecule has 0 saturated carbocycles. The third-order valence-electron chi connectivity index (χ3n) is 4.70. The highest BCUT2D eigenvalue weighted by atomic mass is 32.2. The summed E-state index contributed by atoms with van der Waals surface area (Å²) in [6, 6.07) is 0. The fraction of sp³-hybridized carbons (Fsp3) is 0.909. The van der Waals surface area contributed by atoms with Gasteiger partial charge in [-0.05, 0) is 18.3 Å². The monoisotopic (exact) mass is 388 g/mol. The fourth-order valence-electron chi connectivity index (χ4n) is 3.25.